The van der Waals surface area contributed by atoms with Crippen molar-refractivity contribution in [2.45, 2.75) is 37.7 Å². The van der Waals surface area contributed by atoms with Gasteiger partial charge in [0.1, 0.15) is 5.60 Å². The topological polar surface area (TPSA) is 46.6 Å². The van der Waals surface area contributed by atoms with E-state index in [-0.39, 0.29) is 17.8 Å². The van der Waals surface area contributed by atoms with E-state index in [2.05, 4.69) is 12.2 Å². The lowest BCUT2D eigenvalue weighted by atomic mass is 9.83. The van der Waals surface area contributed by atoms with Crippen molar-refractivity contribution in [1.29, 1.82) is 0 Å². The van der Waals surface area contributed by atoms with Crippen LogP contribution in [-0.4, -0.2) is 29.9 Å². The second kappa shape index (κ2) is 5.52. The van der Waals surface area contributed by atoms with Gasteiger partial charge in [-0.2, -0.15) is 0 Å². The summed E-state index contributed by atoms with van der Waals surface area (Å²) in [6.07, 6.45) is 8.48. The Bertz CT molecular complexity index is 671. The monoisotopic (exact) mass is 311 g/mol. The van der Waals surface area contributed by atoms with Gasteiger partial charge in [0.05, 0.1) is 5.56 Å². The van der Waals surface area contributed by atoms with Crippen LogP contribution in [0.25, 0.3) is 0 Å². The summed E-state index contributed by atoms with van der Waals surface area (Å²) in [7, 11) is 0. The summed E-state index contributed by atoms with van der Waals surface area (Å²) in [6, 6.07) is 7.64. The third-order valence-corrected chi connectivity index (χ3v) is 5.43. The summed E-state index contributed by atoms with van der Waals surface area (Å²) in [5.74, 6) is 0.173. The molecule has 0 N–H and O–H groups in total. The van der Waals surface area contributed by atoms with Crippen molar-refractivity contribution in [3.05, 3.63) is 47.5 Å². The summed E-state index contributed by atoms with van der Waals surface area (Å²) in [5.41, 5.74) is 1.17. The van der Waals surface area contributed by atoms with Gasteiger partial charge in [0, 0.05) is 37.4 Å². The minimum absolute atomic E-state index is 0.132. The number of carbonyl (C=O) groups is 2. The zero-order chi connectivity index (χ0) is 15.9. The molecule has 120 valence electrons. The van der Waals surface area contributed by atoms with Crippen LogP contribution < -0.4 is 0 Å². The van der Waals surface area contributed by atoms with Crippen LogP contribution in [0.2, 0.25) is 0 Å². The summed E-state index contributed by atoms with van der Waals surface area (Å²) >= 11 is 0. The average molecular weight is 311 g/mol. The minimum atomic E-state index is -0.517. The van der Waals surface area contributed by atoms with Crippen molar-refractivity contribution >= 4 is 11.9 Å². The Kier molecular flexibility index (Phi) is 3.47. The quantitative estimate of drug-likeness (QED) is 0.591. The van der Waals surface area contributed by atoms with E-state index < -0.39 is 5.60 Å². The van der Waals surface area contributed by atoms with Crippen LogP contribution >= 0.6 is 0 Å². The van der Waals surface area contributed by atoms with Crippen LogP contribution in [0.1, 0.15) is 48.0 Å². The summed E-state index contributed by atoms with van der Waals surface area (Å²) in [5, 5.41) is 0. The van der Waals surface area contributed by atoms with Gasteiger partial charge >= 0.3 is 5.97 Å². The maximum absolute atomic E-state index is 12.7. The molecule has 4 rings (SSSR count). The molecule has 4 heteroatoms. The molecule has 0 radical (unpaired) electrons. The molecular weight excluding hydrogens is 290 g/mol. The number of ether oxygens (including phenoxy) is 1. The first-order valence-corrected chi connectivity index (χ1v) is 8.46. The molecule has 1 aromatic carbocycles. The van der Waals surface area contributed by atoms with E-state index in [9.17, 15) is 9.59 Å². The Labute approximate surface area is 136 Å². The maximum atomic E-state index is 12.7. The molecular formula is C19H21NO3. The van der Waals surface area contributed by atoms with Gasteiger partial charge in [-0.1, -0.05) is 30.4 Å². The highest BCUT2D eigenvalue weighted by molar-refractivity contribution is 5.94. The molecule has 0 unspecified atom stereocenters. The molecule has 0 bridgehead atoms. The number of fused-ring (bicyclic) bond motifs is 2. The fourth-order valence-electron chi connectivity index (χ4n) is 4.08. The average Bonchev–Trinajstić information content (AvgIpc) is 2.88. The van der Waals surface area contributed by atoms with E-state index in [1.807, 2.05) is 29.2 Å². The SMILES string of the molecule is O=C1OC2(CCN(C(=O)[C@@H]3CC=CCC3)CC2)c2ccccc21. The molecule has 1 aliphatic carbocycles. The van der Waals surface area contributed by atoms with Crippen LogP contribution in [0.15, 0.2) is 36.4 Å². The molecule has 23 heavy (non-hydrogen) atoms. The van der Waals surface area contributed by atoms with Crippen molar-refractivity contribution in [3.8, 4) is 0 Å². The predicted molar refractivity (Wildman–Crippen MR) is 85.8 cm³/mol. The Morgan fingerprint density at radius 2 is 1.96 bits per heavy atom. The fraction of sp³-hybridized carbons (Fsp3) is 0.474. The van der Waals surface area contributed by atoms with Crippen molar-refractivity contribution in [3.63, 3.8) is 0 Å². The van der Waals surface area contributed by atoms with E-state index in [1.54, 1.807) is 0 Å². The second-order valence-corrected chi connectivity index (χ2v) is 6.74. The standard InChI is InChI=1S/C19H21NO3/c21-17(14-6-2-1-3-7-14)20-12-10-19(11-13-20)16-9-5-4-8-15(16)18(22)23-19/h1-2,4-5,8-9,14H,3,6-7,10-13H2/t14-/m1/s1. The Balaban J connectivity index is 1.48. The fourth-order valence-corrected chi connectivity index (χ4v) is 4.08. The van der Waals surface area contributed by atoms with E-state index >= 15 is 0 Å². The normalized spacial score (nSPS) is 25.3. The minimum Gasteiger partial charge on any atom is -0.450 e. The van der Waals surface area contributed by atoms with Gasteiger partial charge in [0.2, 0.25) is 5.91 Å². The first kappa shape index (κ1) is 14.5. The number of rotatable bonds is 1. The molecule has 1 atom stereocenters. The summed E-state index contributed by atoms with van der Waals surface area (Å²) in [6.45, 7) is 1.33. The lowest BCUT2D eigenvalue weighted by Crippen LogP contribution is -2.47. The summed E-state index contributed by atoms with van der Waals surface area (Å²) in [4.78, 5) is 26.7. The first-order chi connectivity index (χ1) is 11.2. The number of hydrogen-bond acceptors (Lipinski definition) is 3. The molecule has 2 aliphatic heterocycles. The number of allylic oxidation sites excluding steroid dienone is 2. The van der Waals surface area contributed by atoms with Gasteiger partial charge in [-0.3, -0.25) is 4.79 Å². The Morgan fingerprint density at radius 3 is 2.70 bits per heavy atom. The van der Waals surface area contributed by atoms with E-state index in [0.717, 1.165) is 24.8 Å². The maximum Gasteiger partial charge on any atom is 0.339 e. The van der Waals surface area contributed by atoms with E-state index in [1.165, 1.54) is 0 Å². The number of benzene rings is 1. The third kappa shape index (κ3) is 2.37. The molecule has 1 saturated heterocycles. The molecule has 0 aromatic heterocycles. The van der Waals surface area contributed by atoms with E-state index in [0.29, 0.717) is 31.5 Å². The molecule has 2 heterocycles. The zero-order valence-electron chi connectivity index (χ0n) is 13.2. The van der Waals surface area contributed by atoms with Gasteiger partial charge in [-0.25, -0.2) is 4.79 Å². The number of carbonyl (C=O) groups excluding carboxylic acids is 2. The number of amides is 1. The predicted octanol–water partition coefficient (Wildman–Crippen LogP) is 3.03. The molecule has 3 aliphatic rings. The van der Waals surface area contributed by atoms with Crippen LogP contribution in [0, 0.1) is 5.92 Å². The summed E-state index contributed by atoms with van der Waals surface area (Å²) < 4.78 is 5.75. The van der Waals surface area contributed by atoms with Crippen molar-refractivity contribution < 1.29 is 14.3 Å². The second-order valence-electron chi connectivity index (χ2n) is 6.74. The molecule has 1 aromatic rings. The lowest BCUT2D eigenvalue weighted by Gasteiger charge is -2.39. The molecule has 1 fully saturated rings. The number of piperidine rings is 1. The highest BCUT2D eigenvalue weighted by Gasteiger charge is 2.47. The molecule has 4 nitrogen and oxygen atoms in total. The van der Waals surface area contributed by atoms with Gasteiger partial charge in [0.25, 0.3) is 0 Å². The van der Waals surface area contributed by atoms with Gasteiger partial charge in [-0.05, 0) is 25.3 Å². The molecule has 1 amide bonds. The Hall–Kier alpha value is -2.10. The van der Waals surface area contributed by atoms with Crippen molar-refractivity contribution in [2.75, 3.05) is 13.1 Å². The number of likely N-dealkylation sites (tertiary alicyclic amines) is 1. The largest absolute Gasteiger partial charge is 0.450 e. The molecule has 1 spiro atoms. The number of hydrogen-bond donors (Lipinski definition) is 0. The zero-order valence-corrected chi connectivity index (χ0v) is 13.2. The van der Waals surface area contributed by atoms with Crippen LogP contribution in [0.3, 0.4) is 0 Å². The number of nitrogens with zero attached hydrogens (tertiary/aromatic N) is 1. The van der Waals surface area contributed by atoms with Gasteiger partial charge < -0.3 is 9.64 Å². The van der Waals surface area contributed by atoms with Crippen LogP contribution in [0.4, 0.5) is 0 Å². The first-order valence-electron chi connectivity index (χ1n) is 8.46. The molecule has 0 saturated carbocycles. The van der Waals surface area contributed by atoms with Crippen LogP contribution in [-0.2, 0) is 15.1 Å². The van der Waals surface area contributed by atoms with Crippen molar-refractivity contribution in [1.82, 2.24) is 4.90 Å². The van der Waals surface area contributed by atoms with Gasteiger partial charge in [-0.15, -0.1) is 0 Å². The van der Waals surface area contributed by atoms with E-state index in [4.69, 9.17) is 4.74 Å². The lowest BCUT2D eigenvalue weighted by molar-refractivity contribution is -0.140. The van der Waals surface area contributed by atoms with Crippen molar-refractivity contribution in [2.24, 2.45) is 5.92 Å². The van der Waals surface area contributed by atoms with Crippen LogP contribution in [0.5, 0.6) is 0 Å². The van der Waals surface area contributed by atoms with Gasteiger partial charge in [0.15, 0.2) is 0 Å². The highest BCUT2D eigenvalue weighted by atomic mass is 16.6. The highest BCUT2D eigenvalue weighted by Crippen LogP contribution is 2.44. The smallest absolute Gasteiger partial charge is 0.339 e. The number of esters is 1. The third-order valence-electron chi connectivity index (χ3n) is 5.43. The Morgan fingerprint density at radius 1 is 1.17 bits per heavy atom.